The molecule has 0 amide bonds. The van der Waals surface area contributed by atoms with Gasteiger partial charge in [0.15, 0.2) is 0 Å². The van der Waals surface area contributed by atoms with Crippen LogP contribution in [-0.2, 0) is 0 Å². The Morgan fingerprint density at radius 2 is 1.60 bits per heavy atom. The molecule has 5 heavy (non-hydrogen) atoms. The quantitative estimate of drug-likeness (QED) is 0.231. The fraction of sp³-hybridized carbons (Fsp3) is 0. The molecule has 0 aromatic rings. The summed E-state index contributed by atoms with van der Waals surface area (Å²) in [5.41, 5.74) is 0. The first kappa shape index (κ1) is 6.32. The van der Waals surface area contributed by atoms with Gasteiger partial charge in [-0.1, -0.05) is 0 Å². The molecule has 0 aromatic heterocycles. The van der Waals surface area contributed by atoms with Gasteiger partial charge in [0.2, 0.25) is 0 Å². The van der Waals surface area contributed by atoms with E-state index in [1.54, 1.807) is 0 Å². The Kier molecular flexibility index (Phi) is 3.14. The maximum Gasteiger partial charge on any atom is 1.00 e. The number of halogens is 1. The van der Waals surface area contributed by atoms with Crippen LogP contribution in [-0.4, -0.2) is 18.1 Å². The molecule has 1 rings (SSSR count). The molecule has 0 unspecified atom stereocenters. The summed E-state index contributed by atoms with van der Waals surface area (Å²) >= 11 is 5.33. The van der Waals surface area contributed by atoms with Crippen molar-refractivity contribution >= 4 is 29.7 Å². The predicted molar refractivity (Wildman–Crippen MR) is 20.6 cm³/mol. The molecule has 1 fully saturated rings. The van der Waals surface area contributed by atoms with Gasteiger partial charge in [-0.25, -0.2) is 0 Å². The molecule has 20 valence electrons. The van der Waals surface area contributed by atoms with Crippen molar-refractivity contribution in [3.63, 3.8) is 0 Å². The van der Waals surface area contributed by atoms with Crippen LogP contribution in [0, 0.1) is 4.62 Å². The largest absolute Gasteiger partial charge is 1.00 e. The Labute approximate surface area is 53.3 Å². The van der Waals surface area contributed by atoms with Crippen LogP contribution >= 0.6 is 11.6 Å². The third-order valence-corrected chi connectivity index (χ3v) is 3.68. The predicted octanol–water partition coefficient (Wildman–Crippen LogP) is -2.99. The second kappa shape index (κ2) is 2.49. The van der Waals surface area contributed by atoms with E-state index < -0.39 is 0 Å². The van der Waals surface area contributed by atoms with Gasteiger partial charge >= 0.3 is 18.9 Å². The molecule has 0 bridgehead atoms. The summed E-state index contributed by atoms with van der Waals surface area (Å²) in [6.45, 7) is 0. The Morgan fingerprint density at radius 1 is 1.40 bits per heavy atom. The van der Waals surface area contributed by atoms with E-state index in [-0.39, 0.29) is 18.9 Å². The third kappa shape index (κ3) is 3.14. The van der Waals surface area contributed by atoms with E-state index in [4.69, 9.17) is 11.6 Å². The maximum atomic E-state index is 5.33. The molecule has 0 N–H and O–H groups in total. The van der Waals surface area contributed by atoms with E-state index >= 15 is 0 Å². The Bertz CT molecular complexity index is 28.8. The van der Waals surface area contributed by atoms with E-state index in [2.05, 4.69) is 0 Å². The minimum absolute atomic E-state index is 0. The molecule has 4 heteroatoms. The van der Waals surface area contributed by atoms with Crippen LogP contribution in [0.1, 0.15) is 0 Å². The number of rotatable bonds is 0. The molecule has 0 aromatic carbocycles. The zero-order valence-corrected chi connectivity index (χ0v) is 5.63. The van der Waals surface area contributed by atoms with Crippen molar-refractivity contribution in [1.29, 1.82) is 0 Å². The molecule has 0 saturated carbocycles. The average molecular weight is 111 g/mol. The van der Waals surface area contributed by atoms with Crippen LogP contribution in [0.25, 0.3) is 0 Å². The van der Waals surface area contributed by atoms with Crippen molar-refractivity contribution in [2.24, 2.45) is 0 Å². The fourth-order valence-corrected chi connectivity index (χ4v) is 0.638. The molecule has 0 spiro atoms. The molecular weight excluding hydrogens is 111 g/mol. The van der Waals surface area contributed by atoms with E-state index in [1.807, 2.05) is 0 Å². The van der Waals surface area contributed by atoms with Gasteiger partial charge in [0.05, 0.1) is 0 Å². The molecule has 1 aliphatic heterocycles. The first-order valence-electron chi connectivity index (χ1n) is 0.939. The van der Waals surface area contributed by atoms with Crippen LogP contribution in [0.3, 0.4) is 0 Å². The van der Waals surface area contributed by atoms with Crippen LogP contribution in [0.2, 0.25) is 0 Å². The number of hydrogen-bond acceptors (Lipinski definition) is 0. The van der Waals surface area contributed by atoms with Crippen LogP contribution in [0.5, 0.6) is 0 Å². The third-order valence-electron chi connectivity index (χ3n) is 0.219. The van der Waals surface area contributed by atoms with Gasteiger partial charge in [-0.3, -0.25) is 4.62 Å². The average Bonchev–Trinajstić information content (AvgIpc) is 1.75. The van der Waals surface area contributed by atoms with E-state index in [9.17, 15) is 0 Å². The van der Waals surface area contributed by atoms with Crippen molar-refractivity contribution in [3.8, 4) is 0 Å². The van der Waals surface area contributed by atoms with Crippen LogP contribution in [0.15, 0.2) is 0 Å². The second-order valence-corrected chi connectivity index (χ2v) is 5.08. The Morgan fingerprint density at radius 3 is 1.60 bits per heavy atom. The summed E-state index contributed by atoms with van der Waals surface area (Å²) in [6.07, 6.45) is 0. The molecule has 0 nitrogen and oxygen atoms in total. The second-order valence-electron chi connectivity index (χ2n) is 0.564. The van der Waals surface area contributed by atoms with Gasteiger partial charge in [-0.15, -0.1) is 0 Å². The first-order valence-corrected chi connectivity index (χ1v) is 4.32. The summed E-state index contributed by atoms with van der Waals surface area (Å²) in [7, 11) is 2.03. The smallest absolute Gasteiger partial charge is 0.351 e. The molecule has 1 heterocycles. The summed E-state index contributed by atoms with van der Waals surface area (Å²) in [4.78, 5) is 0. The zero-order valence-electron chi connectivity index (χ0n) is 2.88. The number of hydrogen-bond donors (Lipinski definition) is 0. The Balaban J connectivity index is 0.000000160. The monoisotopic (exact) mass is 110 g/mol. The summed E-state index contributed by atoms with van der Waals surface area (Å²) in [5, 5.41) is 0. The Hall–Kier alpha value is 1.32. The standard InChI is InChI=1S/CClSi2.Li/c2-1-3-4-1;/q-1;+1. The van der Waals surface area contributed by atoms with Gasteiger partial charge in [-0.2, -0.15) is 18.1 Å². The fourth-order valence-electron chi connectivity index (χ4n) is 0.0236. The summed E-state index contributed by atoms with van der Waals surface area (Å²) in [5.74, 6) is 0. The van der Waals surface area contributed by atoms with E-state index in [0.717, 1.165) is 18.1 Å². The van der Waals surface area contributed by atoms with Crippen LogP contribution in [0.4, 0.5) is 0 Å². The molecule has 4 radical (unpaired) electrons. The molecule has 1 saturated heterocycles. The normalized spacial score (nSPS) is 21.0. The molecule has 1 aliphatic rings. The van der Waals surface area contributed by atoms with Crippen molar-refractivity contribution in [2.75, 3.05) is 0 Å². The van der Waals surface area contributed by atoms with Gasteiger partial charge < -0.3 is 11.6 Å². The van der Waals surface area contributed by atoms with Gasteiger partial charge in [0.1, 0.15) is 0 Å². The van der Waals surface area contributed by atoms with Crippen molar-refractivity contribution < 1.29 is 18.9 Å². The minimum Gasteiger partial charge on any atom is -0.351 e. The zero-order chi connectivity index (χ0) is 2.99. The van der Waals surface area contributed by atoms with Crippen molar-refractivity contribution in [3.05, 3.63) is 4.62 Å². The summed E-state index contributed by atoms with van der Waals surface area (Å²) < 4.78 is 1.19. The van der Waals surface area contributed by atoms with Crippen LogP contribution < -0.4 is 18.9 Å². The van der Waals surface area contributed by atoms with E-state index in [0.29, 0.717) is 0 Å². The molecular formula is CClLiSi2. The molecule has 0 aliphatic carbocycles. The first-order chi connectivity index (χ1) is 1.89. The van der Waals surface area contributed by atoms with Crippen molar-refractivity contribution in [2.45, 2.75) is 0 Å². The maximum absolute atomic E-state index is 5.33. The topological polar surface area (TPSA) is 0 Å². The van der Waals surface area contributed by atoms with Crippen molar-refractivity contribution in [1.82, 2.24) is 0 Å². The van der Waals surface area contributed by atoms with Gasteiger partial charge in [0.25, 0.3) is 0 Å². The molecule has 0 atom stereocenters. The summed E-state index contributed by atoms with van der Waals surface area (Å²) in [6, 6.07) is 0. The van der Waals surface area contributed by atoms with Gasteiger partial charge in [-0.05, 0) is 0 Å². The van der Waals surface area contributed by atoms with E-state index in [1.165, 1.54) is 4.62 Å². The van der Waals surface area contributed by atoms with Gasteiger partial charge in [0, 0.05) is 0 Å². The SMILES string of the molecule is Cl[C-]1[Si][Si]1.[Li+]. The minimum atomic E-state index is 0.